The quantitative estimate of drug-likeness (QED) is 0.740. The van der Waals surface area contributed by atoms with E-state index in [2.05, 4.69) is 82.5 Å². The van der Waals surface area contributed by atoms with Crippen LogP contribution in [0.5, 0.6) is 0 Å². The summed E-state index contributed by atoms with van der Waals surface area (Å²) < 4.78 is 0. The number of benzene rings is 1. The van der Waals surface area contributed by atoms with Crippen molar-refractivity contribution in [3.63, 3.8) is 0 Å². The maximum Gasteiger partial charge on any atom is 0.318 e. The zero-order chi connectivity index (χ0) is 23.8. The summed E-state index contributed by atoms with van der Waals surface area (Å²) in [4.78, 5) is 26.7. The van der Waals surface area contributed by atoms with E-state index in [1.165, 1.54) is 5.56 Å². The molecule has 34 heavy (non-hydrogen) atoms. The first kappa shape index (κ1) is 23.1. The number of likely N-dealkylation sites (N-methyl/N-ethyl adjacent to an activating group) is 1. The maximum atomic E-state index is 13.0. The van der Waals surface area contributed by atoms with Gasteiger partial charge >= 0.3 is 6.03 Å². The zero-order valence-electron chi connectivity index (χ0n) is 20.8. The predicted molar refractivity (Wildman–Crippen MR) is 136 cm³/mol. The van der Waals surface area contributed by atoms with E-state index in [0.717, 1.165) is 69.8 Å². The van der Waals surface area contributed by atoms with Crippen molar-refractivity contribution in [2.75, 3.05) is 58.8 Å². The Morgan fingerprint density at radius 1 is 1.00 bits per heavy atom. The average molecular weight is 463 g/mol. The van der Waals surface area contributed by atoms with Crippen molar-refractivity contribution in [1.82, 2.24) is 25.0 Å². The molecule has 1 N–H and O–H groups in total. The van der Waals surface area contributed by atoms with Crippen LogP contribution in [0.15, 0.2) is 48.7 Å². The van der Waals surface area contributed by atoms with Crippen molar-refractivity contribution in [2.24, 2.45) is 0 Å². The third-order valence-corrected chi connectivity index (χ3v) is 8.36. The van der Waals surface area contributed by atoms with E-state index in [-0.39, 0.29) is 17.1 Å². The Labute approximate surface area is 203 Å². The van der Waals surface area contributed by atoms with Crippen molar-refractivity contribution in [3.05, 3.63) is 59.8 Å². The van der Waals surface area contributed by atoms with Crippen molar-refractivity contribution in [1.29, 1.82) is 0 Å². The van der Waals surface area contributed by atoms with Gasteiger partial charge in [0.05, 0.1) is 5.54 Å². The van der Waals surface area contributed by atoms with Crippen molar-refractivity contribution in [2.45, 2.75) is 43.3 Å². The Kier molecular flexibility index (Phi) is 6.25. The SMILES string of the molecule is CN1CCN(c2cc(CN3C[C@]4(CC[C@](c5ccccc5)(N(C)C)CC4)NC3=O)ccn2)CC1. The molecule has 2 aliphatic heterocycles. The summed E-state index contributed by atoms with van der Waals surface area (Å²) in [5.41, 5.74) is 2.44. The van der Waals surface area contributed by atoms with Crippen LogP contribution in [-0.4, -0.2) is 85.1 Å². The number of amides is 2. The van der Waals surface area contributed by atoms with Gasteiger partial charge in [0.2, 0.25) is 0 Å². The van der Waals surface area contributed by atoms with Crippen molar-refractivity contribution in [3.8, 4) is 0 Å². The Hall–Kier alpha value is -2.64. The molecule has 0 bridgehead atoms. The highest BCUT2D eigenvalue weighted by Crippen LogP contribution is 2.46. The molecule has 1 spiro atoms. The molecular weight excluding hydrogens is 424 g/mol. The fourth-order valence-corrected chi connectivity index (χ4v) is 6.07. The predicted octanol–water partition coefficient (Wildman–Crippen LogP) is 3.13. The minimum absolute atomic E-state index is 0.0349. The maximum absolute atomic E-state index is 13.0. The number of nitrogens with zero attached hydrogens (tertiary/aromatic N) is 5. The number of carbonyl (C=O) groups excluding carboxylic acids is 1. The summed E-state index contributed by atoms with van der Waals surface area (Å²) in [6.45, 7) is 5.51. The lowest BCUT2D eigenvalue weighted by Gasteiger charge is -2.48. The summed E-state index contributed by atoms with van der Waals surface area (Å²) in [5, 5.41) is 3.39. The molecular formula is C27H38N6O. The summed E-state index contributed by atoms with van der Waals surface area (Å²) in [7, 11) is 6.54. The molecule has 1 aliphatic carbocycles. The number of urea groups is 1. The molecule has 1 saturated carbocycles. The van der Waals surface area contributed by atoms with Crippen molar-refractivity contribution >= 4 is 11.8 Å². The molecule has 7 heteroatoms. The highest BCUT2D eigenvalue weighted by Gasteiger charge is 2.49. The van der Waals surface area contributed by atoms with E-state index in [4.69, 9.17) is 0 Å². The molecule has 3 fully saturated rings. The second-order valence-corrected chi connectivity index (χ2v) is 10.7. The molecule has 2 saturated heterocycles. The standard InChI is InChI=1S/C27H38N6O/c1-30(2)27(23-7-5-4-6-8-23)12-10-26(11-13-27)21-33(25(34)29-26)20-22-9-14-28-24(19-22)32-17-15-31(3)16-18-32/h4-9,14,19H,10-13,15-18,20-21H2,1-3H3,(H,29,34)/t26-,27+. The number of hydrogen-bond acceptors (Lipinski definition) is 5. The topological polar surface area (TPSA) is 55.0 Å². The molecule has 2 amide bonds. The normalized spacial score (nSPS) is 28.1. The molecule has 1 aromatic carbocycles. The van der Waals surface area contributed by atoms with Crippen LogP contribution in [0.2, 0.25) is 0 Å². The van der Waals surface area contributed by atoms with E-state index < -0.39 is 0 Å². The van der Waals surface area contributed by atoms with Gasteiger partial charge in [-0.3, -0.25) is 4.90 Å². The molecule has 3 heterocycles. The van der Waals surface area contributed by atoms with Gasteiger partial charge in [0.1, 0.15) is 5.82 Å². The van der Waals surface area contributed by atoms with Gasteiger partial charge in [-0.2, -0.15) is 0 Å². The molecule has 2 aromatic rings. The van der Waals surface area contributed by atoms with Gasteiger partial charge < -0.3 is 20.0 Å². The van der Waals surface area contributed by atoms with Crippen LogP contribution in [0.3, 0.4) is 0 Å². The highest BCUT2D eigenvalue weighted by atomic mass is 16.2. The highest BCUT2D eigenvalue weighted by molar-refractivity contribution is 5.78. The van der Waals surface area contributed by atoms with E-state index in [0.29, 0.717) is 6.54 Å². The van der Waals surface area contributed by atoms with Crippen molar-refractivity contribution < 1.29 is 4.79 Å². The average Bonchev–Trinajstić information content (AvgIpc) is 3.15. The molecule has 182 valence electrons. The van der Waals surface area contributed by atoms with Gasteiger partial charge in [0.25, 0.3) is 0 Å². The van der Waals surface area contributed by atoms with Crippen LogP contribution in [-0.2, 0) is 12.1 Å². The van der Waals surface area contributed by atoms with Crippen LogP contribution in [0.25, 0.3) is 0 Å². The summed E-state index contributed by atoms with van der Waals surface area (Å²) in [6, 6.07) is 15.1. The van der Waals surface area contributed by atoms with E-state index in [9.17, 15) is 4.79 Å². The lowest BCUT2D eigenvalue weighted by Crippen LogP contribution is -2.54. The fourth-order valence-electron chi connectivity index (χ4n) is 6.07. The monoisotopic (exact) mass is 462 g/mol. The third kappa shape index (κ3) is 4.39. The van der Waals surface area contributed by atoms with E-state index in [1.807, 2.05) is 17.2 Å². The number of piperazine rings is 1. The lowest BCUT2D eigenvalue weighted by molar-refractivity contribution is 0.0617. The number of anilines is 1. The number of rotatable bonds is 5. The minimum Gasteiger partial charge on any atom is -0.354 e. The van der Waals surface area contributed by atoms with Gasteiger partial charge in [-0.05, 0) is 70.1 Å². The van der Waals surface area contributed by atoms with Crippen LogP contribution in [0.1, 0.15) is 36.8 Å². The number of pyridine rings is 1. The molecule has 0 atom stereocenters. The summed E-state index contributed by atoms with van der Waals surface area (Å²) in [6.07, 6.45) is 5.96. The van der Waals surface area contributed by atoms with Gasteiger partial charge in [0.15, 0.2) is 0 Å². The van der Waals surface area contributed by atoms with Crippen LogP contribution < -0.4 is 10.2 Å². The smallest absolute Gasteiger partial charge is 0.318 e. The Morgan fingerprint density at radius 3 is 2.38 bits per heavy atom. The molecule has 3 aliphatic rings. The zero-order valence-corrected chi connectivity index (χ0v) is 20.8. The van der Waals surface area contributed by atoms with E-state index in [1.54, 1.807) is 0 Å². The Morgan fingerprint density at radius 2 is 1.71 bits per heavy atom. The Bertz CT molecular complexity index is 993. The van der Waals surface area contributed by atoms with Crippen LogP contribution in [0.4, 0.5) is 10.6 Å². The molecule has 7 nitrogen and oxygen atoms in total. The summed E-state index contributed by atoms with van der Waals surface area (Å²) >= 11 is 0. The van der Waals surface area contributed by atoms with Crippen LogP contribution in [0, 0.1) is 0 Å². The Balaban J connectivity index is 1.25. The van der Waals surface area contributed by atoms with E-state index >= 15 is 0 Å². The van der Waals surface area contributed by atoms with Gasteiger partial charge in [-0.25, -0.2) is 9.78 Å². The molecule has 0 unspecified atom stereocenters. The first-order chi connectivity index (χ1) is 16.4. The third-order valence-electron chi connectivity index (χ3n) is 8.36. The van der Waals surface area contributed by atoms with Crippen LogP contribution >= 0.6 is 0 Å². The first-order valence-corrected chi connectivity index (χ1v) is 12.6. The number of hydrogen-bond donors (Lipinski definition) is 1. The minimum atomic E-state index is -0.126. The molecule has 5 rings (SSSR count). The number of carbonyl (C=O) groups is 1. The fraction of sp³-hybridized carbons (Fsp3) is 0.556. The second kappa shape index (κ2) is 9.19. The molecule has 1 aromatic heterocycles. The van der Waals surface area contributed by atoms with Gasteiger partial charge in [-0.1, -0.05) is 30.3 Å². The summed E-state index contributed by atoms with van der Waals surface area (Å²) in [5.74, 6) is 1.02. The number of aromatic nitrogens is 1. The molecule has 0 radical (unpaired) electrons. The van der Waals surface area contributed by atoms with Gasteiger partial charge in [0, 0.05) is 51.0 Å². The first-order valence-electron chi connectivity index (χ1n) is 12.6. The van der Waals surface area contributed by atoms with Gasteiger partial charge in [-0.15, -0.1) is 0 Å². The lowest BCUT2D eigenvalue weighted by atomic mass is 9.69. The second-order valence-electron chi connectivity index (χ2n) is 10.7. The number of nitrogens with one attached hydrogen (secondary N) is 1. The largest absolute Gasteiger partial charge is 0.354 e.